The highest BCUT2D eigenvalue weighted by molar-refractivity contribution is 7.11. The lowest BCUT2D eigenvalue weighted by atomic mass is 9.91. The van der Waals surface area contributed by atoms with Crippen LogP contribution >= 0.6 is 11.3 Å². The predicted molar refractivity (Wildman–Crippen MR) is 92.1 cm³/mol. The van der Waals surface area contributed by atoms with Gasteiger partial charge >= 0.3 is 0 Å². The standard InChI is InChI=1S/C17H32N2OS/c1-8-10-13(20-9-2)16-19-15(17(5,6)7)14(21-16)11-18-12(3)4/h12-13,18H,8-11H2,1-7H3. The maximum atomic E-state index is 5.90. The van der Waals surface area contributed by atoms with Gasteiger partial charge in [0, 0.05) is 29.5 Å². The summed E-state index contributed by atoms with van der Waals surface area (Å²) in [5, 5.41) is 4.66. The molecule has 0 aliphatic carbocycles. The molecule has 3 nitrogen and oxygen atoms in total. The van der Waals surface area contributed by atoms with Crippen molar-refractivity contribution in [2.45, 2.75) is 85.4 Å². The minimum atomic E-state index is 0.0751. The zero-order chi connectivity index (χ0) is 16.0. The van der Waals surface area contributed by atoms with Gasteiger partial charge in [0.1, 0.15) is 11.1 Å². The highest BCUT2D eigenvalue weighted by Gasteiger charge is 2.26. The second-order valence-corrected chi connectivity index (χ2v) is 7.96. The third-order valence-corrected chi connectivity index (χ3v) is 4.44. The summed E-state index contributed by atoms with van der Waals surface area (Å²) in [5.41, 5.74) is 1.29. The molecule has 0 aliphatic rings. The lowest BCUT2D eigenvalue weighted by Gasteiger charge is -2.18. The first kappa shape index (κ1) is 18.6. The minimum absolute atomic E-state index is 0.0751. The van der Waals surface area contributed by atoms with Crippen LogP contribution < -0.4 is 5.32 Å². The molecule has 4 heteroatoms. The molecule has 0 aliphatic heterocycles. The van der Waals surface area contributed by atoms with Crippen LogP contribution in [-0.2, 0) is 16.7 Å². The van der Waals surface area contributed by atoms with Crippen LogP contribution in [0.3, 0.4) is 0 Å². The van der Waals surface area contributed by atoms with E-state index in [0.717, 1.165) is 31.0 Å². The van der Waals surface area contributed by atoms with Crippen LogP contribution in [-0.4, -0.2) is 17.6 Å². The summed E-state index contributed by atoms with van der Waals surface area (Å²) in [6, 6.07) is 0.488. The topological polar surface area (TPSA) is 34.1 Å². The Kier molecular flexibility index (Phi) is 7.31. The molecule has 1 heterocycles. The number of hydrogen-bond donors (Lipinski definition) is 1. The summed E-state index contributed by atoms with van der Waals surface area (Å²) in [7, 11) is 0. The van der Waals surface area contributed by atoms with E-state index in [0.29, 0.717) is 6.04 Å². The Balaban J connectivity index is 3.05. The van der Waals surface area contributed by atoms with Gasteiger partial charge in [-0.05, 0) is 13.3 Å². The van der Waals surface area contributed by atoms with Crippen LogP contribution in [0, 0.1) is 0 Å². The fourth-order valence-corrected chi connectivity index (χ4v) is 3.56. The lowest BCUT2D eigenvalue weighted by molar-refractivity contribution is 0.0553. The van der Waals surface area contributed by atoms with Gasteiger partial charge in [-0.15, -0.1) is 11.3 Å². The summed E-state index contributed by atoms with van der Waals surface area (Å²) >= 11 is 1.82. The minimum Gasteiger partial charge on any atom is -0.371 e. The number of rotatable bonds is 8. The Morgan fingerprint density at radius 3 is 2.38 bits per heavy atom. The van der Waals surface area contributed by atoms with Crippen molar-refractivity contribution in [3.8, 4) is 0 Å². The number of aromatic nitrogens is 1. The van der Waals surface area contributed by atoms with E-state index in [-0.39, 0.29) is 11.5 Å². The van der Waals surface area contributed by atoms with Crippen molar-refractivity contribution in [1.82, 2.24) is 10.3 Å². The molecule has 1 atom stereocenters. The van der Waals surface area contributed by atoms with E-state index >= 15 is 0 Å². The van der Waals surface area contributed by atoms with Crippen molar-refractivity contribution >= 4 is 11.3 Å². The molecule has 0 saturated heterocycles. The first-order valence-electron chi connectivity index (χ1n) is 8.14. The molecular formula is C17H32N2OS. The summed E-state index contributed by atoms with van der Waals surface area (Å²) in [4.78, 5) is 6.30. The molecule has 1 aromatic heterocycles. The molecular weight excluding hydrogens is 280 g/mol. The van der Waals surface area contributed by atoms with Crippen LogP contribution in [0.1, 0.15) is 83.0 Å². The Morgan fingerprint density at radius 2 is 1.90 bits per heavy atom. The monoisotopic (exact) mass is 312 g/mol. The average Bonchev–Trinajstić information content (AvgIpc) is 2.80. The molecule has 1 rings (SSSR count). The van der Waals surface area contributed by atoms with Gasteiger partial charge in [-0.3, -0.25) is 0 Å². The fourth-order valence-electron chi connectivity index (χ4n) is 2.25. The van der Waals surface area contributed by atoms with Crippen LogP contribution in [0.2, 0.25) is 0 Å². The van der Waals surface area contributed by atoms with Gasteiger partial charge < -0.3 is 10.1 Å². The zero-order valence-corrected chi connectivity index (χ0v) is 15.6. The maximum absolute atomic E-state index is 5.90. The van der Waals surface area contributed by atoms with Crippen LogP contribution in [0.4, 0.5) is 0 Å². The summed E-state index contributed by atoms with van der Waals surface area (Å²) in [5.74, 6) is 0. The molecule has 122 valence electrons. The fraction of sp³-hybridized carbons (Fsp3) is 0.824. The van der Waals surface area contributed by atoms with Crippen LogP contribution in [0.5, 0.6) is 0 Å². The first-order valence-corrected chi connectivity index (χ1v) is 8.96. The van der Waals surface area contributed by atoms with E-state index in [1.54, 1.807) is 0 Å². The highest BCUT2D eigenvalue weighted by atomic mass is 32.1. The van der Waals surface area contributed by atoms with E-state index in [9.17, 15) is 0 Å². The third kappa shape index (κ3) is 5.68. The number of ether oxygens (including phenoxy) is 1. The van der Waals surface area contributed by atoms with Crippen LogP contribution in [0.25, 0.3) is 0 Å². The van der Waals surface area contributed by atoms with Gasteiger partial charge in [-0.25, -0.2) is 4.98 Å². The molecule has 0 amide bonds. The van der Waals surface area contributed by atoms with Gasteiger partial charge in [0.05, 0.1) is 5.69 Å². The second-order valence-electron chi connectivity index (χ2n) is 6.84. The van der Waals surface area contributed by atoms with Crippen molar-refractivity contribution in [1.29, 1.82) is 0 Å². The van der Waals surface area contributed by atoms with E-state index in [1.165, 1.54) is 10.6 Å². The number of nitrogens with zero attached hydrogens (tertiary/aromatic N) is 1. The van der Waals surface area contributed by atoms with Gasteiger partial charge in [0.25, 0.3) is 0 Å². The van der Waals surface area contributed by atoms with Crippen molar-refractivity contribution in [3.05, 3.63) is 15.6 Å². The molecule has 0 aromatic carbocycles. The van der Waals surface area contributed by atoms with Gasteiger partial charge in [-0.1, -0.05) is 48.0 Å². The molecule has 0 radical (unpaired) electrons. The van der Waals surface area contributed by atoms with Crippen molar-refractivity contribution in [3.63, 3.8) is 0 Å². The molecule has 0 bridgehead atoms. The number of hydrogen-bond acceptors (Lipinski definition) is 4. The SMILES string of the molecule is CCCC(OCC)c1nc(C(C)(C)C)c(CNC(C)C)s1. The van der Waals surface area contributed by atoms with Gasteiger partial charge in [0.2, 0.25) is 0 Å². The van der Waals surface area contributed by atoms with Crippen molar-refractivity contribution in [2.75, 3.05) is 6.61 Å². The quantitative estimate of drug-likeness (QED) is 0.747. The summed E-state index contributed by atoms with van der Waals surface area (Å²) < 4.78 is 5.90. The van der Waals surface area contributed by atoms with Crippen LogP contribution in [0.15, 0.2) is 0 Å². The Bertz CT molecular complexity index is 415. The molecule has 0 saturated carbocycles. The molecule has 1 unspecified atom stereocenters. The lowest BCUT2D eigenvalue weighted by Crippen LogP contribution is -2.23. The predicted octanol–water partition coefficient (Wildman–Crippen LogP) is 4.82. The summed E-state index contributed by atoms with van der Waals surface area (Å²) in [6.07, 6.45) is 2.32. The van der Waals surface area contributed by atoms with E-state index in [4.69, 9.17) is 9.72 Å². The third-order valence-electron chi connectivity index (χ3n) is 3.29. The molecule has 0 fully saturated rings. The Labute approximate surface area is 134 Å². The highest BCUT2D eigenvalue weighted by Crippen LogP contribution is 2.34. The maximum Gasteiger partial charge on any atom is 0.122 e. The Morgan fingerprint density at radius 1 is 1.24 bits per heavy atom. The van der Waals surface area contributed by atoms with Crippen molar-refractivity contribution in [2.24, 2.45) is 0 Å². The largest absolute Gasteiger partial charge is 0.371 e. The molecule has 21 heavy (non-hydrogen) atoms. The van der Waals surface area contributed by atoms with E-state index in [2.05, 4.69) is 53.8 Å². The summed E-state index contributed by atoms with van der Waals surface area (Å²) in [6.45, 7) is 17.0. The molecule has 1 N–H and O–H groups in total. The van der Waals surface area contributed by atoms with E-state index in [1.807, 2.05) is 11.3 Å². The smallest absolute Gasteiger partial charge is 0.122 e. The normalized spacial score (nSPS) is 13.9. The second kappa shape index (κ2) is 8.25. The number of thiazole rings is 1. The molecule has 1 aromatic rings. The zero-order valence-electron chi connectivity index (χ0n) is 14.7. The van der Waals surface area contributed by atoms with Crippen molar-refractivity contribution < 1.29 is 4.74 Å². The number of nitrogens with one attached hydrogen (secondary N) is 1. The average molecular weight is 313 g/mol. The van der Waals surface area contributed by atoms with Gasteiger partial charge in [0.15, 0.2) is 0 Å². The Hall–Kier alpha value is -0.450. The van der Waals surface area contributed by atoms with E-state index < -0.39 is 0 Å². The molecule has 0 spiro atoms. The first-order chi connectivity index (χ1) is 9.79. The van der Waals surface area contributed by atoms with Gasteiger partial charge in [-0.2, -0.15) is 0 Å².